The zero-order chi connectivity index (χ0) is 14.0. The smallest absolute Gasteiger partial charge is 0.328 e. The van der Waals surface area contributed by atoms with E-state index in [9.17, 15) is 14.4 Å². The first kappa shape index (κ1) is 13.6. The monoisotopic (exact) mass is 271 g/mol. The summed E-state index contributed by atoms with van der Waals surface area (Å²) < 4.78 is 5.24. The standard InChI is InChI=1S/C11H17N3O5/c1-7-6-19-3-2-13(7)11(18)14-5-9(15)12-4-8(14)10(16)17/h7-8H,2-6H2,1H3,(H,12,15)(H,16,17). The van der Waals surface area contributed by atoms with E-state index in [0.717, 1.165) is 4.90 Å². The Balaban J connectivity index is 2.13. The fraction of sp³-hybridized carbons (Fsp3) is 0.727. The van der Waals surface area contributed by atoms with E-state index >= 15 is 0 Å². The maximum Gasteiger partial charge on any atom is 0.328 e. The van der Waals surface area contributed by atoms with E-state index in [1.54, 1.807) is 4.90 Å². The van der Waals surface area contributed by atoms with Gasteiger partial charge in [-0.05, 0) is 6.92 Å². The summed E-state index contributed by atoms with van der Waals surface area (Å²) in [6.45, 7) is 2.80. The van der Waals surface area contributed by atoms with Gasteiger partial charge in [0.05, 0.1) is 19.3 Å². The average Bonchev–Trinajstić information content (AvgIpc) is 2.38. The van der Waals surface area contributed by atoms with Gasteiger partial charge in [-0.3, -0.25) is 9.69 Å². The molecule has 2 aliphatic heterocycles. The lowest BCUT2D eigenvalue weighted by atomic mass is 10.2. The minimum atomic E-state index is -1.12. The maximum atomic E-state index is 12.4. The molecule has 2 fully saturated rings. The van der Waals surface area contributed by atoms with Crippen LogP contribution in [0.5, 0.6) is 0 Å². The van der Waals surface area contributed by atoms with E-state index in [1.165, 1.54) is 0 Å². The molecule has 2 atom stereocenters. The maximum absolute atomic E-state index is 12.4. The molecule has 19 heavy (non-hydrogen) atoms. The third-order valence-corrected chi connectivity index (χ3v) is 3.33. The van der Waals surface area contributed by atoms with E-state index in [2.05, 4.69) is 5.32 Å². The number of ether oxygens (including phenoxy) is 1. The number of carboxylic acid groups (broad SMARTS) is 1. The lowest BCUT2D eigenvalue weighted by Crippen LogP contribution is -2.63. The van der Waals surface area contributed by atoms with Gasteiger partial charge in [-0.1, -0.05) is 0 Å². The highest BCUT2D eigenvalue weighted by atomic mass is 16.5. The minimum absolute atomic E-state index is 0.0569. The van der Waals surface area contributed by atoms with E-state index in [-0.39, 0.29) is 25.0 Å². The second kappa shape index (κ2) is 5.43. The highest BCUT2D eigenvalue weighted by Crippen LogP contribution is 2.14. The molecule has 0 spiro atoms. The summed E-state index contributed by atoms with van der Waals surface area (Å²) in [5.74, 6) is -1.46. The number of hydrogen-bond donors (Lipinski definition) is 2. The van der Waals surface area contributed by atoms with Crippen molar-refractivity contribution in [3.05, 3.63) is 0 Å². The third kappa shape index (κ3) is 2.78. The van der Waals surface area contributed by atoms with Gasteiger partial charge in [0.1, 0.15) is 12.6 Å². The molecule has 2 heterocycles. The molecule has 2 aliphatic rings. The number of hydrogen-bond acceptors (Lipinski definition) is 4. The molecule has 2 rings (SSSR count). The lowest BCUT2D eigenvalue weighted by Gasteiger charge is -2.40. The topological polar surface area (TPSA) is 99.2 Å². The molecule has 3 amide bonds. The molecule has 2 N–H and O–H groups in total. The van der Waals surface area contributed by atoms with Crippen LogP contribution in [0, 0.1) is 0 Å². The quantitative estimate of drug-likeness (QED) is 0.618. The van der Waals surface area contributed by atoms with Crippen molar-refractivity contribution in [1.29, 1.82) is 0 Å². The molecule has 0 aliphatic carbocycles. The van der Waals surface area contributed by atoms with Crippen LogP contribution in [-0.4, -0.2) is 77.7 Å². The number of carbonyl (C=O) groups is 3. The number of nitrogens with zero attached hydrogens (tertiary/aromatic N) is 2. The Morgan fingerprint density at radius 2 is 2.16 bits per heavy atom. The first-order valence-electron chi connectivity index (χ1n) is 6.15. The van der Waals surface area contributed by atoms with Gasteiger partial charge in [-0.2, -0.15) is 0 Å². The Hall–Kier alpha value is -1.83. The number of amides is 3. The number of carboxylic acids is 1. The Morgan fingerprint density at radius 3 is 2.79 bits per heavy atom. The van der Waals surface area contributed by atoms with Crippen LogP contribution < -0.4 is 5.32 Å². The molecule has 2 unspecified atom stereocenters. The molecule has 0 saturated carbocycles. The van der Waals surface area contributed by atoms with Gasteiger partial charge in [-0.25, -0.2) is 9.59 Å². The van der Waals surface area contributed by atoms with Crippen molar-refractivity contribution in [2.24, 2.45) is 0 Å². The summed E-state index contributed by atoms with van der Waals surface area (Å²) in [6, 6.07) is -1.56. The van der Waals surface area contributed by atoms with Crippen LogP contribution in [0.15, 0.2) is 0 Å². The van der Waals surface area contributed by atoms with Crippen LogP contribution in [0.2, 0.25) is 0 Å². The van der Waals surface area contributed by atoms with E-state index < -0.39 is 18.0 Å². The van der Waals surface area contributed by atoms with Gasteiger partial charge in [0.15, 0.2) is 0 Å². The zero-order valence-corrected chi connectivity index (χ0v) is 10.7. The first-order chi connectivity index (χ1) is 9.00. The number of carbonyl (C=O) groups excluding carboxylic acids is 2. The second-order valence-corrected chi connectivity index (χ2v) is 4.69. The van der Waals surface area contributed by atoms with Crippen molar-refractivity contribution in [2.45, 2.75) is 19.0 Å². The van der Waals surface area contributed by atoms with Crippen molar-refractivity contribution in [3.8, 4) is 0 Å². The van der Waals surface area contributed by atoms with Crippen LogP contribution >= 0.6 is 0 Å². The minimum Gasteiger partial charge on any atom is -0.480 e. The summed E-state index contributed by atoms with van der Waals surface area (Å²) in [4.78, 5) is 37.6. The highest BCUT2D eigenvalue weighted by Gasteiger charge is 2.38. The van der Waals surface area contributed by atoms with E-state index in [4.69, 9.17) is 9.84 Å². The Labute approximate surface area is 110 Å². The molecule has 2 saturated heterocycles. The van der Waals surface area contributed by atoms with Crippen molar-refractivity contribution < 1.29 is 24.2 Å². The molecule has 8 nitrogen and oxygen atoms in total. The third-order valence-electron chi connectivity index (χ3n) is 3.33. The number of nitrogens with one attached hydrogen (secondary N) is 1. The fourth-order valence-corrected chi connectivity index (χ4v) is 2.24. The second-order valence-electron chi connectivity index (χ2n) is 4.69. The van der Waals surface area contributed by atoms with E-state index in [0.29, 0.717) is 19.8 Å². The van der Waals surface area contributed by atoms with Gasteiger partial charge in [0.25, 0.3) is 0 Å². The van der Waals surface area contributed by atoms with Crippen LogP contribution in [0.1, 0.15) is 6.92 Å². The highest BCUT2D eigenvalue weighted by molar-refractivity contribution is 5.90. The molecule has 106 valence electrons. The Kier molecular flexibility index (Phi) is 3.89. The van der Waals surface area contributed by atoms with Crippen LogP contribution in [0.4, 0.5) is 4.79 Å². The Bertz CT molecular complexity index is 400. The van der Waals surface area contributed by atoms with Gasteiger partial charge >= 0.3 is 12.0 Å². The molecule has 0 aromatic heterocycles. The van der Waals surface area contributed by atoms with E-state index in [1.807, 2.05) is 6.92 Å². The number of urea groups is 1. The number of morpholine rings is 1. The van der Waals surface area contributed by atoms with Crippen LogP contribution in [0.3, 0.4) is 0 Å². The van der Waals surface area contributed by atoms with Gasteiger partial charge in [0.2, 0.25) is 5.91 Å². The largest absolute Gasteiger partial charge is 0.480 e. The summed E-state index contributed by atoms with van der Waals surface area (Å²) in [7, 11) is 0. The molecule has 0 aromatic carbocycles. The number of aliphatic carboxylic acids is 1. The molecule has 0 aromatic rings. The molecule has 0 bridgehead atoms. The molecular weight excluding hydrogens is 254 g/mol. The fourth-order valence-electron chi connectivity index (χ4n) is 2.24. The van der Waals surface area contributed by atoms with Gasteiger partial charge < -0.3 is 20.1 Å². The summed E-state index contributed by atoms with van der Waals surface area (Å²) >= 11 is 0. The predicted octanol–water partition coefficient (Wildman–Crippen LogP) is -1.29. The van der Waals surface area contributed by atoms with Crippen molar-refractivity contribution in [2.75, 3.05) is 32.8 Å². The summed E-state index contributed by atoms with van der Waals surface area (Å²) in [5.41, 5.74) is 0. The molecular formula is C11H17N3O5. The number of rotatable bonds is 1. The van der Waals surface area contributed by atoms with Crippen molar-refractivity contribution in [3.63, 3.8) is 0 Å². The van der Waals surface area contributed by atoms with Gasteiger partial charge in [-0.15, -0.1) is 0 Å². The van der Waals surface area contributed by atoms with Crippen LogP contribution in [0.25, 0.3) is 0 Å². The summed E-state index contributed by atoms with van der Waals surface area (Å²) in [5, 5.41) is 11.6. The SMILES string of the molecule is CC1COCCN1C(=O)N1CC(=O)NCC1C(=O)O. The van der Waals surface area contributed by atoms with Crippen molar-refractivity contribution >= 4 is 17.9 Å². The molecule has 8 heteroatoms. The van der Waals surface area contributed by atoms with Crippen molar-refractivity contribution in [1.82, 2.24) is 15.1 Å². The zero-order valence-electron chi connectivity index (χ0n) is 10.7. The van der Waals surface area contributed by atoms with Crippen LogP contribution in [-0.2, 0) is 14.3 Å². The van der Waals surface area contributed by atoms with Gasteiger partial charge in [0, 0.05) is 13.1 Å². The molecule has 0 radical (unpaired) electrons. The normalized spacial score (nSPS) is 27.9. The predicted molar refractivity (Wildman–Crippen MR) is 63.5 cm³/mol. The average molecular weight is 271 g/mol. The number of piperazine rings is 1. The summed E-state index contributed by atoms with van der Waals surface area (Å²) in [6.07, 6.45) is 0. The Morgan fingerprint density at radius 1 is 1.42 bits per heavy atom. The first-order valence-corrected chi connectivity index (χ1v) is 6.15. The lowest BCUT2D eigenvalue weighted by molar-refractivity contribution is -0.144.